The van der Waals surface area contributed by atoms with E-state index in [2.05, 4.69) is 5.32 Å². The van der Waals surface area contributed by atoms with Crippen LogP contribution < -0.4 is 5.32 Å². The molecule has 4 aliphatic heterocycles. The van der Waals surface area contributed by atoms with E-state index < -0.39 is 48.1 Å². The van der Waals surface area contributed by atoms with Crippen LogP contribution in [0.4, 0.5) is 13.2 Å². The second-order valence-corrected chi connectivity index (χ2v) is 12.1. The van der Waals surface area contributed by atoms with Gasteiger partial charge >= 0.3 is 0 Å². The molecule has 2 atom stereocenters. The first-order valence-electron chi connectivity index (χ1n) is 14.0. The molecule has 0 bridgehead atoms. The van der Waals surface area contributed by atoms with Gasteiger partial charge in [-0.15, -0.1) is 0 Å². The van der Waals surface area contributed by atoms with Crippen molar-refractivity contribution in [2.24, 2.45) is 0 Å². The predicted octanol–water partition coefficient (Wildman–Crippen LogP) is 4.89. The van der Waals surface area contributed by atoms with Gasteiger partial charge in [0.2, 0.25) is 11.8 Å². The molecule has 42 heavy (non-hydrogen) atoms. The second-order valence-electron chi connectivity index (χ2n) is 11.4. The van der Waals surface area contributed by atoms with Crippen molar-refractivity contribution in [3.05, 3.63) is 74.5 Å². The standard InChI is InChI=1S/C30H29Cl2F3N4O3/c31-21-3-1-2-20(27(21)32)18-6-10-38(11-7-18)24-8-9-37(16-30(24,34)35)14-17-12-19-15-39(29(42)26(19)22(33)13-17)23-4-5-25(40)36-28(23)41/h1-3,6,12-13,23-24H,4-5,7-11,14-16H2,(H,36,40,41). The number of nitrogens with zero attached hydrogens (tertiary/aromatic N) is 3. The van der Waals surface area contributed by atoms with E-state index in [1.54, 1.807) is 17.0 Å². The van der Waals surface area contributed by atoms with Crippen LogP contribution in [0, 0.1) is 5.82 Å². The largest absolute Gasteiger partial charge is 0.322 e. The highest BCUT2D eigenvalue weighted by atomic mass is 35.5. The molecule has 4 heterocycles. The Morgan fingerprint density at radius 2 is 1.86 bits per heavy atom. The molecule has 0 aliphatic carbocycles. The number of halogens is 5. The number of piperidine rings is 2. The molecule has 0 spiro atoms. The van der Waals surface area contributed by atoms with Crippen molar-refractivity contribution < 1.29 is 27.6 Å². The second kappa shape index (κ2) is 11.3. The van der Waals surface area contributed by atoms with E-state index in [4.69, 9.17) is 23.2 Å². The predicted molar refractivity (Wildman–Crippen MR) is 152 cm³/mol. The maximum Gasteiger partial charge on any atom is 0.275 e. The van der Waals surface area contributed by atoms with Crippen LogP contribution in [0.3, 0.4) is 0 Å². The monoisotopic (exact) mass is 620 g/mol. The zero-order chi connectivity index (χ0) is 29.8. The highest BCUT2D eigenvalue weighted by molar-refractivity contribution is 6.43. The Kier molecular flexibility index (Phi) is 7.84. The molecule has 2 fully saturated rings. The topological polar surface area (TPSA) is 73.0 Å². The van der Waals surface area contributed by atoms with Gasteiger partial charge in [0.1, 0.15) is 11.9 Å². The molecular weight excluding hydrogens is 592 g/mol. The highest BCUT2D eigenvalue weighted by Gasteiger charge is 2.47. The van der Waals surface area contributed by atoms with Gasteiger partial charge in [0.05, 0.1) is 28.2 Å². The fourth-order valence-electron chi connectivity index (χ4n) is 6.62. The van der Waals surface area contributed by atoms with Crippen molar-refractivity contribution >= 4 is 46.5 Å². The number of nitrogens with one attached hydrogen (secondary N) is 1. The van der Waals surface area contributed by atoms with Gasteiger partial charge < -0.3 is 4.90 Å². The first-order chi connectivity index (χ1) is 20.0. The van der Waals surface area contributed by atoms with Crippen LogP contribution in [0.15, 0.2) is 36.4 Å². The Bertz CT molecular complexity index is 1500. The summed E-state index contributed by atoms with van der Waals surface area (Å²) < 4.78 is 46.1. The first-order valence-corrected chi connectivity index (χ1v) is 14.7. The smallest absolute Gasteiger partial charge is 0.275 e. The molecule has 2 unspecified atom stereocenters. The number of hydrogen-bond donors (Lipinski definition) is 1. The van der Waals surface area contributed by atoms with Gasteiger partial charge in [-0.1, -0.05) is 47.5 Å². The van der Waals surface area contributed by atoms with Crippen LogP contribution in [0.1, 0.15) is 52.7 Å². The van der Waals surface area contributed by atoms with E-state index in [1.807, 2.05) is 23.1 Å². The third-order valence-corrected chi connectivity index (χ3v) is 9.48. The van der Waals surface area contributed by atoms with E-state index in [9.17, 15) is 14.4 Å². The summed E-state index contributed by atoms with van der Waals surface area (Å²) in [4.78, 5) is 41.4. The number of imide groups is 1. The number of carbonyl (C=O) groups excluding carboxylic acids is 3. The van der Waals surface area contributed by atoms with E-state index in [-0.39, 0.29) is 37.9 Å². The lowest BCUT2D eigenvalue weighted by Gasteiger charge is -2.44. The fraction of sp³-hybridized carbons (Fsp3) is 0.433. The molecule has 222 valence electrons. The number of carbonyl (C=O) groups is 3. The van der Waals surface area contributed by atoms with Crippen LogP contribution in [0.5, 0.6) is 0 Å². The molecule has 0 saturated carbocycles. The minimum atomic E-state index is -2.98. The van der Waals surface area contributed by atoms with Gasteiger partial charge in [0.25, 0.3) is 11.8 Å². The van der Waals surface area contributed by atoms with Crippen LogP contribution in [0.2, 0.25) is 10.0 Å². The van der Waals surface area contributed by atoms with Gasteiger partial charge in [0, 0.05) is 39.1 Å². The lowest BCUT2D eigenvalue weighted by molar-refractivity contribution is -0.136. The quantitative estimate of drug-likeness (QED) is 0.482. The number of likely N-dealkylation sites (tertiary alicyclic amines) is 1. The summed E-state index contributed by atoms with van der Waals surface area (Å²) in [5.41, 5.74) is 2.62. The van der Waals surface area contributed by atoms with Gasteiger partial charge in [-0.25, -0.2) is 13.2 Å². The third kappa shape index (κ3) is 5.45. The average molecular weight is 621 g/mol. The highest BCUT2D eigenvalue weighted by Crippen LogP contribution is 2.38. The molecule has 2 aromatic rings. The molecule has 0 radical (unpaired) electrons. The summed E-state index contributed by atoms with van der Waals surface area (Å²) in [5, 5.41) is 3.15. The Hall–Kier alpha value is -2.92. The van der Waals surface area contributed by atoms with Crippen molar-refractivity contribution in [2.45, 2.75) is 56.8 Å². The van der Waals surface area contributed by atoms with Crippen LogP contribution in [-0.2, 0) is 22.7 Å². The fourth-order valence-corrected chi connectivity index (χ4v) is 7.04. The summed E-state index contributed by atoms with van der Waals surface area (Å²) in [6.45, 7) is 0.929. The molecule has 1 N–H and O–H groups in total. The summed E-state index contributed by atoms with van der Waals surface area (Å²) >= 11 is 12.5. The van der Waals surface area contributed by atoms with Crippen LogP contribution >= 0.6 is 23.2 Å². The zero-order valence-corrected chi connectivity index (χ0v) is 24.2. The van der Waals surface area contributed by atoms with Crippen LogP contribution in [0.25, 0.3) is 5.57 Å². The van der Waals surface area contributed by atoms with Gasteiger partial charge in [0.15, 0.2) is 0 Å². The van der Waals surface area contributed by atoms with Crippen molar-refractivity contribution in [3.8, 4) is 0 Å². The maximum absolute atomic E-state index is 15.5. The maximum atomic E-state index is 15.5. The first kappa shape index (κ1) is 29.2. The summed E-state index contributed by atoms with van der Waals surface area (Å²) in [6.07, 6.45) is 3.05. The lowest BCUT2D eigenvalue weighted by atomic mass is 9.94. The lowest BCUT2D eigenvalue weighted by Crippen LogP contribution is -2.58. The van der Waals surface area contributed by atoms with E-state index in [0.29, 0.717) is 47.2 Å². The number of rotatable bonds is 5. The molecule has 12 heteroatoms. The minimum absolute atomic E-state index is 0.0221. The third-order valence-electron chi connectivity index (χ3n) is 8.66. The van der Waals surface area contributed by atoms with Gasteiger partial charge in [-0.05, 0) is 53.7 Å². The van der Waals surface area contributed by atoms with E-state index in [1.165, 1.54) is 11.0 Å². The van der Waals surface area contributed by atoms with Crippen molar-refractivity contribution in [2.75, 3.05) is 26.2 Å². The average Bonchev–Trinajstić information content (AvgIpc) is 3.26. The Morgan fingerprint density at radius 1 is 1.05 bits per heavy atom. The number of hydrogen-bond acceptors (Lipinski definition) is 5. The Balaban J connectivity index is 1.10. The SMILES string of the molecule is O=C1CCC(N2Cc3cc(CN4CCC(N5CC=C(c6cccc(Cl)c6Cl)CC5)C(F)(F)C4)cc(F)c3C2=O)C(=O)N1. The molecule has 7 nitrogen and oxygen atoms in total. The summed E-state index contributed by atoms with van der Waals surface area (Å²) in [6, 6.07) is 6.51. The van der Waals surface area contributed by atoms with Gasteiger partial charge in [-0.2, -0.15) is 0 Å². The van der Waals surface area contributed by atoms with Crippen molar-refractivity contribution in [3.63, 3.8) is 0 Å². The molecule has 6 rings (SSSR count). The number of amides is 3. The van der Waals surface area contributed by atoms with Crippen molar-refractivity contribution in [1.82, 2.24) is 20.0 Å². The van der Waals surface area contributed by atoms with Crippen molar-refractivity contribution in [1.29, 1.82) is 0 Å². The molecule has 2 aromatic carbocycles. The zero-order valence-electron chi connectivity index (χ0n) is 22.6. The van der Waals surface area contributed by atoms with E-state index >= 15 is 13.2 Å². The molecular formula is C30H29Cl2F3N4O3. The Labute approximate surface area is 251 Å². The number of fused-ring (bicyclic) bond motifs is 1. The van der Waals surface area contributed by atoms with Crippen LogP contribution in [-0.4, -0.2) is 76.6 Å². The Morgan fingerprint density at radius 3 is 2.57 bits per heavy atom. The van der Waals surface area contributed by atoms with E-state index in [0.717, 1.165) is 11.1 Å². The summed E-state index contributed by atoms with van der Waals surface area (Å²) in [7, 11) is 0. The molecule has 3 amide bonds. The summed E-state index contributed by atoms with van der Waals surface area (Å²) in [5.74, 6) is -5.30. The molecule has 0 aromatic heterocycles. The normalized spacial score (nSPS) is 24.9. The molecule has 2 saturated heterocycles. The number of benzene rings is 2. The van der Waals surface area contributed by atoms with Gasteiger partial charge in [-0.3, -0.25) is 29.5 Å². The molecule has 4 aliphatic rings. The number of alkyl halides is 2. The minimum Gasteiger partial charge on any atom is -0.322 e.